The monoisotopic (exact) mass is 389 g/mol. The summed E-state index contributed by atoms with van der Waals surface area (Å²) < 4.78 is 14.8. The number of nitrogens with one attached hydrogen (secondary N) is 1. The summed E-state index contributed by atoms with van der Waals surface area (Å²) in [5.74, 6) is -0.504. The third-order valence-electron chi connectivity index (χ3n) is 4.72. The van der Waals surface area contributed by atoms with E-state index in [1.807, 2.05) is 11.4 Å². The van der Waals surface area contributed by atoms with Crippen molar-refractivity contribution in [2.45, 2.75) is 32.7 Å². The van der Waals surface area contributed by atoms with Crippen LogP contribution in [-0.2, 0) is 6.54 Å². The molecule has 1 aromatic carbocycles. The number of rotatable bonds is 4. The van der Waals surface area contributed by atoms with Gasteiger partial charge in [0, 0.05) is 22.0 Å². The fraction of sp³-hybridized carbons (Fsp3) is 0.368. The quantitative estimate of drug-likeness (QED) is 0.680. The molecule has 1 N–H and O–H groups in total. The molecule has 136 valence electrons. The van der Waals surface area contributed by atoms with E-state index in [9.17, 15) is 9.18 Å². The smallest absolute Gasteiger partial charge is 0.267 e. The highest BCUT2D eigenvalue weighted by molar-refractivity contribution is 7.21. The van der Waals surface area contributed by atoms with E-state index in [4.69, 9.17) is 0 Å². The number of halogens is 1. The molecule has 1 aliphatic heterocycles. The highest BCUT2D eigenvalue weighted by atomic mass is 32.1. The zero-order valence-corrected chi connectivity index (χ0v) is 16.2. The highest BCUT2D eigenvalue weighted by Gasteiger charge is 2.19. The first-order valence-corrected chi connectivity index (χ1v) is 10.5. The zero-order valence-electron chi connectivity index (χ0n) is 14.5. The Labute approximate surface area is 159 Å². The molecule has 4 rings (SSSR count). The molecule has 1 aliphatic rings. The third-order valence-corrected chi connectivity index (χ3v) is 6.78. The number of piperidine rings is 1. The summed E-state index contributed by atoms with van der Waals surface area (Å²) in [4.78, 5) is 20.1. The third kappa shape index (κ3) is 3.51. The van der Waals surface area contributed by atoms with Gasteiger partial charge in [-0.15, -0.1) is 22.7 Å². The summed E-state index contributed by atoms with van der Waals surface area (Å²) in [5, 5.41) is 6.01. The number of hydrogen-bond donors (Lipinski definition) is 1. The lowest BCUT2D eigenvalue weighted by Gasteiger charge is -2.25. The Hall–Kier alpha value is -1.83. The maximum absolute atomic E-state index is 14.0. The molecule has 3 aromatic rings. The van der Waals surface area contributed by atoms with E-state index in [2.05, 4.69) is 15.2 Å². The molecular formula is C19H20FN3OS2. The van der Waals surface area contributed by atoms with Gasteiger partial charge in [-0.2, -0.15) is 0 Å². The maximum atomic E-state index is 14.0. The molecule has 2 aromatic heterocycles. The molecule has 0 aliphatic carbocycles. The number of carbonyl (C=O) groups is 1. The summed E-state index contributed by atoms with van der Waals surface area (Å²) in [5.41, 5.74) is 1.68. The molecule has 1 saturated heterocycles. The molecule has 0 radical (unpaired) electrons. The number of fused-ring (bicyclic) bond motifs is 1. The van der Waals surface area contributed by atoms with Gasteiger partial charge in [0.25, 0.3) is 5.91 Å². The highest BCUT2D eigenvalue weighted by Crippen LogP contribution is 2.33. The lowest BCUT2D eigenvalue weighted by Crippen LogP contribution is -2.29. The van der Waals surface area contributed by atoms with Gasteiger partial charge < -0.3 is 0 Å². The minimum Gasteiger partial charge on any atom is -0.297 e. The second kappa shape index (κ2) is 7.42. The van der Waals surface area contributed by atoms with Crippen molar-refractivity contribution in [2.24, 2.45) is 0 Å². The number of hydrogen-bond acceptors (Lipinski definition) is 5. The Kier molecular flexibility index (Phi) is 5.02. The van der Waals surface area contributed by atoms with E-state index in [0.29, 0.717) is 21.0 Å². The van der Waals surface area contributed by atoms with Crippen LogP contribution in [0.1, 0.15) is 40.2 Å². The Bertz CT molecular complexity index is 944. The number of thiophene rings is 1. The van der Waals surface area contributed by atoms with Crippen molar-refractivity contribution in [3.05, 3.63) is 45.5 Å². The van der Waals surface area contributed by atoms with Crippen LogP contribution in [0, 0.1) is 12.7 Å². The predicted octanol–water partition coefficient (Wildman–Crippen LogP) is 5.04. The number of likely N-dealkylation sites (tertiary alicyclic amines) is 1. The first-order chi connectivity index (χ1) is 12.6. The molecule has 0 spiro atoms. The van der Waals surface area contributed by atoms with Gasteiger partial charge in [-0.05, 0) is 50.6 Å². The fourth-order valence-electron chi connectivity index (χ4n) is 3.41. The van der Waals surface area contributed by atoms with E-state index < -0.39 is 0 Å². The van der Waals surface area contributed by atoms with Crippen molar-refractivity contribution in [1.29, 1.82) is 0 Å². The first kappa shape index (κ1) is 17.6. The van der Waals surface area contributed by atoms with Crippen LogP contribution in [0.25, 0.3) is 10.1 Å². The van der Waals surface area contributed by atoms with Gasteiger partial charge in [0.1, 0.15) is 5.82 Å². The van der Waals surface area contributed by atoms with Crippen molar-refractivity contribution in [2.75, 3.05) is 18.4 Å². The Morgan fingerprint density at radius 1 is 1.31 bits per heavy atom. The van der Waals surface area contributed by atoms with Crippen molar-refractivity contribution in [3.63, 3.8) is 0 Å². The van der Waals surface area contributed by atoms with Crippen LogP contribution < -0.4 is 5.32 Å². The van der Waals surface area contributed by atoms with Crippen LogP contribution in [0.4, 0.5) is 9.52 Å². The molecule has 4 nitrogen and oxygen atoms in total. The van der Waals surface area contributed by atoms with E-state index in [1.54, 1.807) is 13.0 Å². The molecule has 0 bridgehead atoms. The minimum atomic E-state index is -0.284. The van der Waals surface area contributed by atoms with Crippen LogP contribution in [0.3, 0.4) is 0 Å². The molecule has 0 saturated carbocycles. The Morgan fingerprint density at radius 2 is 2.12 bits per heavy atom. The number of aromatic nitrogens is 1. The minimum absolute atomic E-state index is 0.220. The van der Waals surface area contributed by atoms with Gasteiger partial charge in [-0.3, -0.25) is 15.0 Å². The molecule has 3 heterocycles. The average Bonchev–Trinajstić information content (AvgIpc) is 3.21. The average molecular weight is 390 g/mol. The summed E-state index contributed by atoms with van der Waals surface area (Å²) in [6, 6.07) is 4.94. The van der Waals surface area contributed by atoms with E-state index in [1.165, 1.54) is 48.0 Å². The molecule has 1 amide bonds. The summed E-state index contributed by atoms with van der Waals surface area (Å²) >= 11 is 2.76. The number of thiazole rings is 1. The van der Waals surface area contributed by atoms with Crippen LogP contribution >= 0.6 is 22.7 Å². The normalized spacial score (nSPS) is 15.5. The van der Waals surface area contributed by atoms with Gasteiger partial charge in [-0.1, -0.05) is 12.5 Å². The van der Waals surface area contributed by atoms with Crippen LogP contribution in [0.2, 0.25) is 0 Å². The lowest BCUT2D eigenvalue weighted by atomic mass is 10.1. The predicted molar refractivity (Wildman–Crippen MR) is 106 cm³/mol. The number of benzene rings is 1. The van der Waals surface area contributed by atoms with E-state index in [0.717, 1.165) is 30.0 Å². The van der Waals surface area contributed by atoms with Crippen molar-refractivity contribution in [1.82, 2.24) is 9.88 Å². The summed E-state index contributed by atoms with van der Waals surface area (Å²) in [6.45, 7) is 4.86. The van der Waals surface area contributed by atoms with Crippen molar-refractivity contribution in [3.8, 4) is 0 Å². The second-order valence-corrected chi connectivity index (χ2v) is 8.51. The van der Waals surface area contributed by atoms with Crippen LogP contribution in [-0.4, -0.2) is 28.9 Å². The Balaban J connectivity index is 1.48. The van der Waals surface area contributed by atoms with Gasteiger partial charge >= 0.3 is 0 Å². The van der Waals surface area contributed by atoms with Gasteiger partial charge in [0.05, 0.1) is 10.6 Å². The summed E-state index contributed by atoms with van der Waals surface area (Å²) in [7, 11) is 0. The number of anilines is 1. The number of carbonyl (C=O) groups excluding carboxylic acids is 1. The molecule has 7 heteroatoms. The van der Waals surface area contributed by atoms with Crippen LogP contribution in [0.15, 0.2) is 23.6 Å². The van der Waals surface area contributed by atoms with Crippen molar-refractivity contribution < 1.29 is 9.18 Å². The maximum Gasteiger partial charge on any atom is 0.267 e. The molecule has 0 atom stereocenters. The topological polar surface area (TPSA) is 45.2 Å². The summed E-state index contributed by atoms with van der Waals surface area (Å²) in [6.07, 6.45) is 3.80. The number of nitrogens with zero attached hydrogens (tertiary/aromatic N) is 2. The molecule has 0 unspecified atom stereocenters. The number of amides is 1. The van der Waals surface area contributed by atoms with Gasteiger partial charge in [0.2, 0.25) is 0 Å². The standard InChI is InChI=1S/C19H20FN3OS2/c1-12-16-14(20)6-5-7-15(16)26-17(12)18(24)22-19-21-13(11-25-19)10-23-8-3-2-4-9-23/h5-7,11H,2-4,8-10H2,1H3,(H,21,22,24). The molecule has 26 heavy (non-hydrogen) atoms. The van der Waals surface area contributed by atoms with E-state index >= 15 is 0 Å². The molecular weight excluding hydrogens is 369 g/mol. The molecule has 1 fully saturated rings. The van der Waals surface area contributed by atoms with Gasteiger partial charge in [0.15, 0.2) is 5.13 Å². The largest absolute Gasteiger partial charge is 0.297 e. The zero-order chi connectivity index (χ0) is 18.1. The first-order valence-electron chi connectivity index (χ1n) is 8.77. The van der Waals surface area contributed by atoms with E-state index in [-0.39, 0.29) is 11.7 Å². The Morgan fingerprint density at radius 3 is 2.88 bits per heavy atom. The van der Waals surface area contributed by atoms with Gasteiger partial charge in [-0.25, -0.2) is 9.37 Å². The lowest BCUT2D eigenvalue weighted by molar-refractivity contribution is 0.103. The second-order valence-electron chi connectivity index (χ2n) is 6.60. The fourth-order valence-corrected chi connectivity index (χ4v) is 5.22. The van der Waals surface area contributed by atoms with Crippen LogP contribution in [0.5, 0.6) is 0 Å². The number of aryl methyl sites for hydroxylation is 1. The SMILES string of the molecule is Cc1c(C(=O)Nc2nc(CN3CCCCC3)cs2)sc2cccc(F)c12. The van der Waals surface area contributed by atoms with Crippen molar-refractivity contribution >= 4 is 43.8 Å².